The molecule has 0 bridgehead atoms. The maximum absolute atomic E-state index is 13.1. The number of morpholine rings is 1. The van der Waals surface area contributed by atoms with E-state index >= 15 is 0 Å². The van der Waals surface area contributed by atoms with Gasteiger partial charge in [-0.05, 0) is 35.4 Å². The zero-order valence-electron chi connectivity index (χ0n) is 13.8. The van der Waals surface area contributed by atoms with Crippen LogP contribution in [0.4, 0.5) is 4.39 Å². The molecule has 1 aromatic heterocycles. The number of hydrogen-bond acceptors (Lipinski definition) is 4. The van der Waals surface area contributed by atoms with Crippen molar-refractivity contribution >= 4 is 5.91 Å². The van der Waals surface area contributed by atoms with Gasteiger partial charge in [0.1, 0.15) is 12.4 Å². The Balaban J connectivity index is 1.46. The Morgan fingerprint density at radius 2 is 1.76 bits per heavy atom. The number of nitrogens with zero attached hydrogens (tertiary/aromatic N) is 3. The number of likely N-dealkylation sites (tertiary alicyclic amines) is 1. The molecule has 5 nitrogen and oxygen atoms in total. The van der Waals surface area contributed by atoms with Crippen molar-refractivity contribution in [2.75, 3.05) is 19.7 Å². The van der Waals surface area contributed by atoms with Crippen LogP contribution >= 0.6 is 0 Å². The van der Waals surface area contributed by atoms with Crippen LogP contribution in [0, 0.1) is 5.82 Å². The van der Waals surface area contributed by atoms with E-state index in [1.54, 1.807) is 24.5 Å². The third kappa shape index (κ3) is 3.55. The first-order valence-electron chi connectivity index (χ1n) is 8.46. The highest BCUT2D eigenvalue weighted by Crippen LogP contribution is 2.26. The standard InChI is InChI=1S/C19H20FN3O2/c20-16-3-1-14(2-4-16)10-23-17-11-22(9-15-5-7-21-8-6-15)12-18(17)25-13-19(23)24/h1-8,17-18H,9-13H2. The number of benzene rings is 1. The van der Waals surface area contributed by atoms with Crippen LogP contribution in [-0.4, -0.2) is 52.5 Å². The van der Waals surface area contributed by atoms with E-state index in [9.17, 15) is 9.18 Å². The second-order valence-electron chi connectivity index (χ2n) is 6.61. The van der Waals surface area contributed by atoms with Crippen molar-refractivity contribution in [3.8, 4) is 0 Å². The minimum Gasteiger partial charge on any atom is -0.365 e. The van der Waals surface area contributed by atoms with Gasteiger partial charge in [-0.2, -0.15) is 0 Å². The van der Waals surface area contributed by atoms with Crippen LogP contribution < -0.4 is 0 Å². The van der Waals surface area contributed by atoms with Crippen molar-refractivity contribution in [1.82, 2.24) is 14.8 Å². The van der Waals surface area contributed by atoms with Crippen LogP contribution in [0.1, 0.15) is 11.1 Å². The summed E-state index contributed by atoms with van der Waals surface area (Å²) in [4.78, 5) is 20.6. The van der Waals surface area contributed by atoms with Gasteiger partial charge in [0.15, 0.2) is 0 Å². The Labute approximate surface area is 146 Å². The average Bonchev–Trinajstić information content (AvgIpc) is 3.03. The number of pyridine rings is 1. The Morgan fingerprint density at radius 3 is 2.52 bits per heavy atom. The highest BCUT2D eigenvalue weighted by atomic mass is 19.1. The number of aromatic nitrogens is 1. The molecule has 2 saturated heterocycles. The van der Waals surface area contributed by atoms with E-state index in [1.807, 2.05) is 17.0 Å². The lowest BCUT2D eigenvalue weighted by Gasteiger charge is -2.36. The second-order valence-corrected chi connectivity index (χ2v) is 6.61. The van der Waals surface area contributed by atoms with Gasteiger partial charge in [0, 0.05) is 38.6 Å². The monoisotopic (exact) mass is 341 g/mol. The van der Waals surface area contributed by atoms with Crippen LogP contribution in [0.2, 0.25) is 0 Å². The molecule has 4 rings (SSSR count). The summed E-state index contributed by atoms with van der Waals surface area (Å²) in [6, 6.07) is 10.4. The fourth-order valence-corrected chi connectivity index (χ4v) is 3.61. The third-order valence-corrected chi connectivity index (χ3v) is 4.88. The number of carbonyl (C=O) groups excluding carboxylic acids is 1. The fraction of sp³-hybridized carbons (Fsp3) is 0.368. The quantitative estimate of drug-likeness (QED) is 0.851. The predicted molar refractivity (Wildman–Crippen MR) is 90.0 cm³/mol. The number of carbonyl (C=O) groups is 1. The third-order valence-electron chi connectivity index (χ3n) is 4.88. The van der Waals surface area contributed by atoms with E-state index in [1.165, 1.54) is 17.7 Å². The van der Waals surface area contributed by atoms with Crippen LogP contribution in [0.5, 0.6) is 0 Å². The Kier molecular flexibility index (Phi) is 4.46. The summed E-state index contributed by atoms with van der Waals surface area (Å²) < 4.78 is 18.9. The lowest BCUT2D eigenvalue weighted by atomic mass is 10.1. The summed E-state index contributed by atoms with van der Waals surface area (Å²) in [5.74, 6) is -0.268. The molecule has 2 aliphatic heterocycles. The number of hydrogen-bond donors (Lipinski definition) is 0. The molecule has 25 heavy (non-hydrogen) atoms. The lowest BCUT2D eigenvalue weighted by Crippen LogP contribution is -2.53. The number of fused-ring (bicyclic) bond motifs is 1. The molecule has 0 radical (unpaired) electrons. The second kappa shape index (κ2) is 6.90. The van der Waals surface area contributed by atoms with Crippen LogP contribution in [0.15, 0.2) is 48.8 Å². The Bertz CT molecular complexity index is 738. The largest absolute Gasteiger partial charge is 0.365 e. The van der Waals surface area contributed by atoms with Crippen molar-refractivity contribution in [3.05, 3.63) is 65.7 Å². The Morgan fingerprint density at radius 1 is 1.04 bits per heavy atom. The predicted octanol–water partition coefficient (Wildman–Crippen LogP) is 1.83. The molecule has 2 atom stereocenters. The average molecular weight is 341 g/mol. The maximum atomic E-state index is 13.1. The fourth-order valence-electron chi connectivity index (χ4n) is 3.61. The molecule has 3 heterocycles. The number of ether oxygens (including phenoxy) is 1. The minimum atomic E-state index is -0.265. The van der Waals surface area contributed by atoms with Crippen LogP contribution in [0.3, 0.4) is 0 Å². The molecule has 0 aliphatic carbocycles. The van der Waals surface area contributed by atoms with Gasteiger partial charge in [0.05, 0.1) is 12.1 Å². The molecule has 0 N–H and O–H groups in total. The van der Waals surface area contributed by atoms with Crippen LogP contribution in [0.25, 0.3) is 0 Å². The summed E-state index contributed by atoms with van der Waals surface area (Å²) in [6.07, 6.45) is 3.61. The SMILES string of the molecule is O=C1COC2CN(Cc3ccncc3)CC2N1Cc1ccc(F)cc1. The van der Waals surface area contributed by atoms with E-state index in [4.69, 9.17) is 4.74 Å². The highest BCUT2D eigenvalue weighted by Gasteiger charge is 2.42. The molecule has 2 aromatic rings. The molecule has 1 aromatic carbocycles. The molecule has 2 aliphatic rings. The first kappa shape index (κ1) is 16.2. The smallest absolute Gasteiger partial charge is 0.249 e. The van der Waals surface area contributed by atoms with E-state index < -0.39 is 0 Å². The van der Waals surface area contributed by atoms with Gasteiger partial charge in [0.25, 0.3) is 0 Å². The summed E-state index contributed by atoms with van der Waals surface area (Å²) in [6.45, 7) is 3.01. The maximum Gasteiger partial charge on any atom is 0.249 e. The molecule has 6 heteroatoms. The first-order chi connectivity index (χ1) is 12.2. The van der Waals surface area contributed by atoms with Gasteiger partial charge in [0.2, 0.25) is 5.91 Å². The number of amides is 1. The molecular weight excluding hydrogens is 321 g/mol. The van der Waals surface area contributed by atoms with Crippen molar-refractivity contribution in [2.24, 2.45) is 0 Å². The van der Waals surface area contributed by atoms with Gasteiger partial charge in [-0.3, -0.25) is 14.7 Å². The van der Waals surface area contributed by atoms with Gasteiger partial charge < -0.3 is 9.64 Å². The van der Waals surface area contributed by atoms with Gasteiger partial charge in [-0.25, -0.2) is 4.39 Å². The molecule has 0 spiro atoms. The number of rotatable bonds is 4. The van der Waals surface area contributed by atoms with Gasteiger partial charge in [-0.15, -0.1) is 0 Å². The molecule has 1 amide bonds. The normalized spacial score (nSPS) is 23.7. The zero-order chi connectivity index (χ0) is 17.2. The molecule has 0 saturated carbocycles. The number of halogens is 1. The Hall–Kier alpha value is -2.31. The van der Waals surface area contributed by atoms with Crippen molar-refractivity contribution in [2.45, 2.75) is 25.2 Å². The lowest BCUT2D eigenvalue weighted by molar-refractivity contribution is -0.153. The van der Waals surface area contributed by atoms with Crippen molar-refractivity contribution < 1.29 is 13.9 Å². The zero-order valence-corrected chi connectivity index (χ0v) is 13.8. The van der Waals surface area contributed by atoms with Crippen molar-refractivity contribution in [1.29, 1.82) is 0 Å². The summed E-state index contributed by atoms with van der Waals surface area (Å²) >= 11 is 0. The summed E-state index contributed by atoms with van der Waals surface area (Å²) in [7, 11) is 0. The highest BCUT2D eigenvalue weighted by molar-refractivity contribution is 5.78. The van der Waals surface area contributed by atoms with Gasteiger partial charge in [-0.1, -0.05) is 12.1 Å². The van der Waals surface area contributed by atoms with E-state index in [0.29, 0.717) is 6.54 Å². The molecule has 2 unspecified atom stereocenters. The van der Waals surface area contributed by atoms with E-state index in [0.717, 1.165) is 25.2 Å². The minimum absolute atomic E-state index is 0.00339. The first-order valence-corrected chi connectivity index (χ1v) is 8.46. The molecule has 130 valence electrons. The van der Waals surface area contributed by atoms with E-state index in [-0.39, 0.29) is 30.5 Å². The van der Waals surface area contributed by atoms with Gasteiger partial charge >= 0.3 is 0 Å². The summed E-state index contributed by atoms with van der Waals surface area (Å²) in [5, 5.41) is 0. The topological polar surface area (TPSA) is 45.7 Å². The van der Waals surface area contributed by atoms with Crippen molar-refractivity contribution in [3.63, 3.8) is 0 Å². The summed E-state index contributed by atoms with van der Waals surface area (Å²) in [5.41, 5.74) is 2.13. The van der Waals surface area contributed by atoms with E-state index in [2.05, 4.69) is 9.88 Å². The van der Waals surface area contributed by atoms with Crippen LogP contribution in [-0.2, 0) is 22.6 Å². The molecular formula is C19H20FN3O2. The molecule has 2 fully saturated rings.